The number of hydrogen-bond donors (Lipinski definition) is 1. The molecule has 1 fully saturated rings. The van der Waals surface area contributed by atoms with Crippen LogP contribution in [0.25, 0.3) is 0 Å². The van der Waals surface area contributed by atoms with E-state index in [0.717, 1.165) is 18.6 Å². The normalized spacial score (nSPS) is 19.6. The Bertz CT molecular complexity index is 419. The highest BCUT2D eigenvalue weighted by Crippen LogP contribution is 2.25. The summed E-state index contributed by atoms with van der Waals surface area (Å²) in [5, 5.41) is 8.62. The van der Waals surface area contributed by atoms with Crippen LogP contribution in [0.15, 0.2) is 24.3 Å². The second kappa shape index (κ2) is 4.45. The van der Waals surface area contributed by atoms with Crippen molar-refractivity contribution < 1.29 is 19.4 Å². The van der Waals surface area contributed by atoms with Crippen LogP contribution >= 0.6 is 0 Å². The Morgan fingerprint density at radius 3 is 2.81 bits per heavy atom. The second-order valence-corrected chi connectivity index (χ2v) is 3.82. The van der Waals surface area contributed by atoms with E-state index >= 15 is 0 Å². The van der Waals surface area contributed by atoms with Crippen LogP contribution in [0.5, 0.6) is 0 Å². The number of ketones is 1. The zero-order valence-corrected chi connectivity index (χ0v) is 8.68. The molecule has 0 spiro atoms. The number of carbonyl (C=O) groups excluding carboxylic acids is 1. The molecule has 1 unspecified atom stereocenters. The van der Waals surface area contributed by atoms with Crippen molar-refractivity contribution in [2.75, 3.05) is 13.2 Å². The Labute approximate surface area is 92.8 Å². The first-order valence-electron chi connectivity index (χ1n) is 5.14. The van der Waals surface area contributed by atoms with Gasteiger partial charge in [-0.05, 0) is 18.1 Å². The molecular weight excluding hydrogens is 208 g/mol. The lowest BCUT2D eigenvalue weighted by atomic mass is 9.96. The fourth-order valence-corrected chi connectivity index (χ4v) is 1.85. The quantitative estimate of drug-likeness (QED) is 0.618. The summed E-state index contributed by atoms with van der Waals surface area (Å²) in [6.07, 6.45) is 0.921. The Balaban J connectivity index is 2.25. The summed E-state index contributed by atoms with van der Waals surface area (Å²) in [4.78, 5) is 21.8. The van der Waals surface area contributed by atoms with Crippen molar-refractivity contribution in [1.82, 2.24) is 0 Å². The smallest absolute Gasteiger partial charge is 0.377 e. The van der Waals surface area contributed by atoms with Crippen molar-refractivity contribution in [2.45, 2.75) is 12.3 Å². The summed E-state index contributed by atoms with van der Waals surface area (Å²) in [5.74, 6) is -2.00. The third kappa shape index (κ3) is 2.12. The molecule has 0 aromatic heterocycles. The number of hydrogen-bond acceptors (Lipinski definition) is 3. The zero-order valence-electron chi connectivity index (χ0n) is 8.68. The highest BCUT2D eigenvalue weighted by Gasteiger charge is 2.20. The molecule has 0 saturated carbocycles. The summed E-state index contributed by atoms with van der Waals surface area (Å²) in [6, 6.07) is 6.79. The van der Waals surface area contributed by atoms with Crippen LogP contribution < -0.4 is 0 Å². The molecule has 1 aromatic rings. The van der Waals surface area contributed by atoms with Gasteiger partial charge in [0.25, 0.3) is 5.78 Å². The molecule has 16 heavy (non-hydrogen) atoms. The largest absolute Gasteiger partial charge is 0.475 e. The molecule has 1 saturated heterocycles. The van der Waals surface area contributed by atoms with Crippen molar-refractivity contribution in [1.29, 1.82) is 0 Å². The Morgan fingerprint density at radius 2 is 2.19 bits per heavy atom. The van der Waals surface area contributed by atoms with E-state index in [1.165, 1.54) is 6.07 Å². The molecule has 1 aliphatic rings. The van der Waals surface area contributed by atoms with Gasteiger partial charge in [0.2, 0.25) is 0 Å². The average Bonchev–Trinajstić information content (AvgIpc) is 2.81. The van der Waals surface area contributed by atoms with E-state index in [4.69, 9.17) is 9.84 Å². The van der Waals surface area contributed by atoms with Gasteiger partial charge in [0.15, 0.2) is 0 Å². The van der Waals surface area contributed by atoms with Crippen LogP contribution in [-0.2, 0) is 9.53 Å². The van der Waals surface area contributed by atoms with Crippen molar-refractivity contribution in [3.8, 4) is 0 Å². The Kier molecular flexibility index (Phi) is 3.01. The average molecular weight is 220 g/mol. The lowest BCUT2D eigenvalue weighted by molar-refractivity contribution is -0.131. The van der Waals surface area contributed by atoms with Crippen molar-refractivity contribution in [3.05, 3.63) is 35.4 Å². The number of carboxylic acids is 1. The van der Waals surface area contributed by atoms with Crippen molar-refractivity contribution >= 4 is 11.8 Å². The number of benzene rings is 1. The fourth-order valence-electron chi connectivity index (χ4n) is 1.85. The SMILES string of the molecule is O=C(O)C(=O)c1cccc(C2CCOC2)c1. The van der Waals surface area contributed by atoms with Crippen LogP contribution in [-0.4, -0.2) is 30.1 Å². The van der Waals surface area contributed by atoms with Crippen LogP contribution in [0, 0.1) is 0 Å². The van der Waals surface area contributed by atoms with Crippen LogP contribution in [0.2, 0.25) is 0 Å². The van der Waals surface area contributed by atoms with Gasteiger partial charge in [-0.25, -0.2) is 4.79 Å². The molecule has 4 heteroatoms. The summed E-state index contributed by atoms with van der Waals surface area (Å²) in [6.45, 7) is 1.37. The molecule has 1 N–H and O–H groups in total. The highest BCUT2D eigenvalue weighted by atomic mass is 16.5. The number of rotatable bonds is 3. The first-order valence-corrected chi connectivity index (χ1v) is 5.14. The maximum Gasteiger partial charge on any atom is 0.377 e. The summed E-state index contributed by atoms with van der Waals surface area (Å²) < 4.78 is 5.26. The molecule has 0 aliphatic carbocycles. The minimum absolute atomic E-state index is 0.233. The Hall–Kier alpha value is -1.68. The minimum atomic E-state index is -1.42. The third-order valence-electron chi connectivity index (χ3n) is 2.74. The van der Waals surface area contributed by atoms with Gasteiger partial charge in [0.05, 0.1) is 6.61 Å². The number of Topliss-reactive ketones (excluding diaryl/α,β-unsaturated/α-hetero) is 1. The second-order valence-electron chi connectivity index (χ2n) is 3.82. The molecule has 2 rings (SSSR count). The first kappa shape index (κ1) is 10.8. The van der Waals surface area contributed by atoms with Gasteiger partial charge in [-0.15, -0.1) is 0 Å². The van der Waals surface area contributed by atoms with Gasteiger partial charge < -0.3 is 9.84 Å². The molecule has 1 atom stereocenters. The topological polar surface area (TPSA) is 63.6 Å². The number of aliphatic carboxylic acids is 1. The van der Waals surface area contributed by atoms with Crippen LogP contribution in [0.1, 0.15) is 28.3 Å². The molecule has 0 radical (unpaired) electrons. The predicted octanol–water partition coefficient (Wildman–Crippen LogP) is 1.46. The van der Waals surface area contributed by atoms with Crippen LogP contribution in [0.4, 0.5) is 0 Å². The molecule has 1 aromatic carbocycles. The molecular formula is C12H12O4. The number of carbonyl (C=O) groups is 2. The highest BCUT2D eigenvalue weighted by molar-refractivity contribution is 6.39. The lowest BCUT2D eigenvalue weighted by Gasteiger charge is -2.08. The van der Waals surface area contributed by atoms with Gasteiger partial charge in [0, 0.05) is 18.1 Å². The maximum atomic E-state index is 11.3. The third-order valence-corrected chi connectivity index (χ3v) is 2.74. The summed E-state index contributed by atoms with van der Waals surface area (Å²) in [7, 11) is 0. The fraction of sp³-hybridized carbons (Fsp3) is 0.333. The van der Waals surface area contributed by atoms with Crippen molar-refractivity contribution in [2.24, 2.45) is 0 Å². The number of carboxylic acid groups (broad SMARTS) is 1. The van der Waals surface area contributed by atoms with Gasteiger partial charge in [-0.2, -0.15) is 0 Å². The van der Waals surface area contributed by atoms with Crippen molar-refractivity contribution in [3.63, 3.8) is 0 Å². The van der Waals surface area contributed by atoms with E-state index in [9.17, 15) is 9.59 Å². The molecule has 1 heterocycles. The van der Waals surface area contributed by atoms with Gasteiger partial charge in [0.1, 0.15) is 0 Å². The van der Waals surface area contributed by atoms with E-state index < -0.39 is 11.8 Å². The van der Waals surface area contributed by atoms with Crippen LogP contribution in [0.3, 0.4) is 0 Å². The molecule has 0 bridgehead atoms. The minimum Gasteiger partial charge on any atom is -0.475 e. The van der Waals surface area contributed by atoms with E-state index in [1.807, 2.05) is 6.07 Å². The zero-order chi connectivity index (χ0) is 11.5. The van der Waals surface area contributed by atoms with Gasteiger partial charge >= 0.3 is 5.97 Å². The summed E-state index contributed by atoms with van der Waals surface area (Å²) >= 11 is 0. The van der Waals surface area contributed by atoms with E-state index in [2.05, 4.69) is 0 Å². The standard InChI is InChI=1S/C12H12O4/c13-11(12(14)15)9-3-1-2-8(6-9)10-4-5-16-7-10/h1-3,6,10H,4-5,7H2,(H,14,15). The molecule has 4 nitrogen and oxygen atoms in total. The predicted molar refractivity (Wildman–Crippen MR) is 56.6 cm³/mol. The van der Waals surface area contributed by atoms with Gasteiger partial charge in [-0.3, -0.25) is 4.79 Å². The monoisotopic (exact) mass is 220 g/mol. The first-order chi connectivity index (χ1) is 7.68. The molecule has 1 aliphatic heterocycles. The Morgan fingerprint density at radius 1 is 1.38 bits per heavy atom. The number of ether oxygens (including phenoxy) is 1. The molecule has 84 valence electrons. The van der Waals surface area contributed by atoms with Gasteiger partial charge in [-0.1, -0.05) is 18.2 Å². The lowest BCUT2D eigenvalue weighted by Crippen LogP contribution is -2.13. The molecule has 0 amide bonds. The summed E-state index contributed by atoms with van der Waals surface area (Å²) in [5.41, 5.74) is 1.21. The van der Waals surface area contributed by atoms with E-state index in [-0.39, 0.29) is 11.5 Å². The van der Waals surface area contributed by atoms with E-state index in [1.54, 1.807) is 12.1 Å². The maximum absolute atomic E-state index is 11.3. The van der Waals surface area contributed by atoms with E-state index in [0.29, 0.717) is 6.61 Å².